The Morgan fingerprint density at radius 2 is 2.00 bits per heavy atom. The van der Waals surface area contributed by atoms with Crippen LogP contribution in [0.15, 0.2) is 30.3 Å². The van der Waals surface area contributed by atoms with Gasteiger partial charge in [0, 0.05) is 74.5 Å². The van der Waals surface area contributed by atoms with Gasteiger partial charge in [-0.1, -0.05) is 18.2 Å². The van der Waals surface area contributed by atoms with Gasteiger partial charge in [-0.2, -0.15) is 0 Å². The maximum absolute atomic E-state index is 13.4. The van der Waals surface area contributed by atoms with Crippen LogP contribution in [-0.4, -0.2) is 92.5 Å². The van der Waals surface area contributed by atoms with Crippen LogP contribution in [0.3, 0.4) is 0 Å². The first-order valence-electron chi connectivity index (χ1n) is 15.0. The second kappa shape index (κ2) is 14.7. The molecule has 1 fully saturated rings. The molecule has 0 spiro atoms. The highest BCUT2D eigenvalue weighted by atomic mass is 16.2. The van der Waals surface area contributed by atoms with E-state index in [0.717, 1.165) is 74.6 Å². The molecule has 10 heteroatoms. The Hall–Kier alpha value is -3.05. The van der Waals surface area contributed by atoms with E-state index in [1.165, 1.54) is 5.56 Å². The lowest BCUT2D eigenvalue weighted by Crippen LogP contribution is -2.51. The predicted molar refractivity (Wildman–Crippen MR) is 165 cm³/mol. The van der Waals surface area contributed by atoms with Crippen molar-refractivity contribution in [2.75, 3.05) is 58.9 Å². The number of rotatable bonds is 15. The number of likely N-dealkylation sites (tertiary alicyclic amines) is 1. The predicted octanol–water partition coefficient (Wildman–Crippen LogP) is 2.35. The average Bonchev–Trinajstić information content (AvgIpc) is 3.39. The van der Waals surface area contributed by atoms with Crippen molar-refractivity contribution in [2.45, 2.75) is 64.7 Å². The summed E-state index contributed by atoms with van der Waals surface area (Å²) in [7, 11) is 6.17. The maximum Gasteiger partial charge on any atom is 0.251 e. The first-order valence-corrected chi connectivity index (χ1v) is 15.0. The maximum atomic E-state index is 13.4. The molecule has 2 aliphatic heterocycles. The zero-order valence-electron chi connectivity index (χ0n) is 25.4. The Balaban J connectivity index is 1.40. The third-order valence-electron chi connectivity index (χ3n) is 8.03. The van der Waals surface area contributed by atoms with E-state index >= 15 is 0 Å². The molecule has 1 aromatic carbocycles. The number of amides is 2. The summed E-state index contributed by atoms with van der Waals surface area (Å²) < 4.78 is 0. The van der Waals surface area contributed by atoms with Crippen molar-refractivity contribution in [1.82, 2.24) is 36.2 Å². The van der Waals surface area contributed by atoms with Crippen LogP contribution in [0.4, 0.5) is 5.82 Å². The van der Waals surface area contributed by atoms with Gasteiger partial charge in [-0.25, -0.2) is 10.4 Å². The molecule has 1 unspecified atom stereocenters. The Kier molecular flexibility index (Phi) is 11.1. The van der Waals surface area contributed by atoms with Crippen molar-refractivity contribution >= 4 is 17.6 Å². The molecule has 10 nitrogen and oxygen atoms in total. The average molecular weight is 565 g/mol. The van der Waals surface area contributed by atoms with Crippen molar-refractivity contribution in [1.29, 1.82) is 0 Å². The summed E-state index contributed by atoms with van der Waals surface area (Å²) in [6.45, 7) is 9.87. The monoisotopic (exact) mass is 564 g/mol. The number of likely N-dealkylation sites (N-methyl/N-ethyl adjacent to an activating group) is 3. The molecule has 224 valence electrons. The number of pyridine rings is 1. The fraction of sp³-hybridized carbons (Fsp3) is 0.581. The lowest BCUT2D eigenvalue weighted by Gasteiger charge is -2.37. The summed E-state index contributed by atoms with van der Waals surface area (Å²) in [5.74, 6) is 0.800. The molecule has 4 rings (SSSR count). The van der Waals surface area contributed by atoms with E-state index < -0.39 is 0 Å². The van der Waals surface area contributed by atoms with Crippen LogP contribution in [0.1, 0.15) is 61.0 Å². The molecule has 2 aromatic rings. The summed E-state index contributed by atoms with van der Waals surface area (Å²) in [6, 6.07) is 11.0. The molecule has 0 bridgehead atoms. The van der Waals surface area contributed by atoms with Gasteiger partial charge in [0.05, 0.1) is 5.69 Å². The van der Waals surface area contributed by atoms with Gasteiger partial charge in [-0.15, -0.1) is 0 Å². The third kappa shape index (κ3) is 8.25. The highest BCUT2D eigenvalue weighted by molar-refractivity contribution is 5.98. The lowest BCUT2D eigenvalue weighted by atomic mass is 10.0. The SMILES string of the molecule is CNCCN(C)Cc1cccc(-c2cc(C(=O)NCCCCC(=O)NCC3CCN3C)c3c(n2)N(C(C)C)NC3)c1. The number of carbonyl (C=O) groups is 2. The number of nitrogens with one attached hydrogen (secondary N) is 4. The van der Waals surface area contributed by atoms with Crippen molar-refractivity contribution < 1.29 is 9.59 Å². The Labute approximate surface area is 245 Å². The Morgan fingerprint density at radius 3 is 2.71 bits per heavy atom. The summed E-state index contributed by atoms with van der Waals surface area (Å²) in [5.41, 5.74) is 7.97. The molecule has 0 aliphatic carbocycles. The summed E-state index contributed by atoms with van der Waals surface area (Å²) in [5, 5.41) is 11.4. The third-order valence-corrected chi connectivity index (χ3v) is 8.03. The van der Waals surface area contributed by atoms with Crippen LogP contribution >= 0.6 is 0 Å². The van der Waals surface area contributed by atoms with E-state index in [4.69, 9.17) is 4.98 Å². The fourth-order valence-electron chi connectivity index (χ4n) is 5.33. The van der Waals surface area contributed by atoms with Gasteiger partial charge in [-0.05, 0) is 78.5 Å². The number of hydrogen-bond donors (Lipinski definition) is 4. The number of hydrogen-bond acceptors (Lipinski definition) is 8. The zero-order chi connectivity index (χ0) is 29.4. The smallest absolute Gasteiger partial charge is 0.251 e. The first-order chi connectivity index (χ1) is 19.8. The van der Waals surface area contributed by atoms with Crippen LogP contribution in [0, 0.1) is 0 Å². The molecule has 41 heavy (non-hydrogen) atoms. The van der Waals surface area contributed by atoms with Gasteiger partial charge in [-0.3, -0.25) is 14.6 Å². The van der Waals surface area contributed by atoms with E-state index in [9.17, 15) is 9.59 Å². The van der Waals surface area contributed by atoms with Crippen LogP contribution in [0.25, 0.3) is 11.3 Å². The molecule has 2 aliphatic rings. The van der Waals surface area contributed by atoms with Crippen molar-refractivity contribution in [3.8, 4) is 11.3 Å². The highest BCUT2D eigenvalue weighted by Gasteiger charge is 2.29. The van der Waals surface area contributed by atoms with Crippen molar-refractivity contribution in [3.63, 3.8) is 0 Å². The number of anilines is 1. The van der Waals surface area contributed by atoms with Crippen molar-refractivity contribution in [2.24, 2.45) is 0 Å². The second-order valence-electron chi connectivity index (χ2n) is 11.6. The van der Waals surface area contributed by atoms with E-state index in [1.54, 1.807) is 0 Å². The summed E-state index contributed by atoms with van der Waals surface area (Å²) in [6.07, 6.45) is 3.12. The number of hydrazine groups is 1. The molecular formula is C31H48N8O2. The number of fused-ring (bicyclic) bond motifs is 1. The minimum Gasteiger partial charge on any atom is -0.355 e. The number of unbranched alkanes of at least 4 members (excludes halogenated alkanes) is 1. The second-order valence-corrected chi connectivity index (χ2v) is 11.6. The quantitative estimate of drug-likeness (QED) is 0.245. The molecule has 3 heterocycles. The minimum absolute atomic E-state index is 0.0866. The van der Waals surface area contributed by atoms with Crippen LogP contribution < -0.4 is 26.4 Å². The number of benzene rings is 1. The summed E-state index contributed by atoms with van der Waals surface area (Å²) in [4.78, 5) is 35.2. The first kappa shape index (κ1) is 30.9. The fourth-order valence-corrected chi connectivity index (χ4v) is 5.33. The Morgan fingerprint density at radius 1 is 1.17 bits per heavy atom. The van der Waals surface area contributed by atoms with Crippen LogP contribution in [-0.2, 0) is 17.9 Å². The minimum atomic E-state index is -0.0993. The normalized spacial score (nSPS) is 16.7. The topological polar surface area (TPSA) is 105 Å². The Bertz CT molecular complexity index is 1190. The van der Waals surface area contributed by atoms with Gasteiger partial charge >= 0.3 is 0 Å². The van der Waals surface area contributed by atoms with Crippen LogP contribution in [0.5, 0.6) is 0 Å². The van der Waals surface area contributed by atoms with Gasteiger partial charge in [0.2, 0.25) is 5.91 Å². The van der Waals surface area contributed by atoms with Gasteiger partial charge in [0.15, 0.2) is 0 Å². The largest absolute Gasteiger partial charge is 0.355 e. The molecule has 1 saturated heterocycles. The number of carbonyl (C=O) groups excluding carboxylic acids is 2. The van der Waals surface area contributed by atoms with Gasteiger partial charge < -0.3 is 25.8 Å². The van der Waals surface area contributed by atoms with E-state index in [2.05, 4.69) is 83.4 Å². The lowest BCUT2D eigenvalue weighted by molar-refractivity contribution is -0.121. The number of aromatic nitrogens is 1. The molecule has 1 atom stereocenters. The van der Waals surface area contributed by atoms with E-state index in [0.29, 0.717) is 31.1 Å². The van der Waals surface area contributed by atoms with Crippen LogP contribution in [0.2, 0.25) is 0 Å². The standard InChI is InChI=1S/C31H48N8O2/c1-22(2)39-30-27(20-35-39)26(31(41)33-13-7-6-11-29(40)34-19-25-12-15-38(25)5)18-28(36-30)24-10-8-9-23(17-24)21-37(4)16-14-32-3/h8-10,17-18,22,25,32,35H,6-7,11-16,19-21H2,1-5H3,(H,33,41)(H,34,40). The van der Waals surface area contributed by atoms with Gasteiger partial charge in [0.1, 0.15) is 5.82 Å². The molecular weight excluding hydrogens is 516 g/mol. The van der Waals surface area contributed by atoms with Crippen molar-refractivity contribution in [3.05, 3.63) is 47.0 Å². The number of nitrogens with zero attached hydrogens (tertiary/aromatic N) is 4. The summed E-state index contributed by atoms with van der Waals surface area (Å²) >= 11 is 0. The molecule has 0 radical (unpaired) electrons. The molecule has 1 aromatic heterocycles. The zero-order valence-corrected chi connectivity index (χ0v) is 25.4. The molecule has 2 amide bonds. The highest BCUT2D eigenvalue weighted by Crippen LogP contribution is 2.32. The van der Waals surface area contributed by atoms with E-state index in [1.807, 2.05) is 18.1 Å². The molecule has 0 saturated carbocycles. The molecule has 4 N–H and O–H groups in total. The van der Waals surface area contributed by atoms with E-state index in [-0.39, 0.29) is 17.9 Å². The van der Waals surface area contributed by atoms with Gasteiger partial charge in [0.25, 0.3) is 5.91 Å².